The van der Waals surface area contributed by atoms with Crippen LogP contribution in [0.1, 0.15) is 40.5 Å². The largest absolute Gasteiger partial charge is 0.337 e. The van der Waals surface area contributed by atoms with Gasteiger partial charge in [-0.15, -0.1) is 0 Å². The maximum atomic E-state index is 12.6. The van der Waals surface area contributed by atoms with Crippen LogP contribution in [0.4, 0.5) is 0 Å². The molecule has 0 saturated carbocycles. The highest BCUT2D eigenvalue weighted by Gasteiger charge is 2.47. The van der Waals surface area contributed by atoms with E-state index in [0.717, 1.165) is 0 Å². The topological polar surface area (TPSA) is 61.5 Å². The van der Waals surface area contributed by atoms with E-state index in [1.807, 2.05) is 27.7 Å². The predicted molar refractivity (Wildman–Crippen MR) is 63.2 cm³/mol. The third-order valence-corrected chi connectivity index (χ3v) is 6.05. The molecule has 0 fully saturated rings. The molecule has 0 aromatic rings. The van der Waals surface area contributed by atoms with Gasteiger partial charge in [-0.1, -0.05) is 13.8 Å². The minimum Gasteiger partial charge on any atom is -0.329 e. The summed E-state index contributed by atoms with van der Waals surface area (Å²) in [5.74, 6) is 0. The average Bonchev–Trinajstić information content (AvgIpc) is 2.21. The zero-order chi connectivity index (χ0) is 11.9. The molecule has 0 aromatic heterocycles. The van der Waals surface area contributed by atoms with Gasteiger partial charge in [-0.25, -0.2) is 0 Å². The van der Waals surface area contributed by atoms with Crippen molar-refractivity contribution in [2.45, 2.75) is 45.7 Å². The second kappa shape index (κ2) is 6.64. The Morgan fingerprint density at radius 2 is 1.47 bits per heavy atom. The van der Waals surface area contributed by atoms with Crippen molar-refractivity contribution in [2.75, 3.05) is 19.8 Å². The third kappa shape index (κ3) is 3.04. The standard InChI is InChI=1S/C10H24NO3P/c1-5-10(6-2,9-11)15(12,13-7-3)14-8-4/h5-9,11H2,1-4H3. The molecular weight excluding hydrogens is 213 g/mol. The number of hydrogen-bond donors (Lipinski definition) is 1. The van der Waals surface area contributed by atoms with Crippen LogP contribution in [-0.4, -0.2) is 24.9 Å². The molecule has 92 valence electrons. The van der Waals surface area contributed by atoms with E-state index in [1.165, 1.54) is 0 Å². The van der Waals surface area contributed by atoms with Crippen LogP contribution in [0.25, 0.3) is 0 Å². The smallest absolute Gasteiger partial charge is 0.329 e. The fourth-order valence-electron chi connectivity index (χ4n) is 1.69. The summed E-state index contributed by atoms with van der Waals surface area (Å²) in [7, 11) is -3.09. The molecule has 0 aliphatic rings. The van der Waals surface area contributed by atoms with Crippen LogP contribution in [0.2, 0.25) is 0 Å². The van der Waals surface area contributed by atoms with Gasteiger partial charge < -0.3 is 14.8 Å². The van der Waals surface area contributed by atoms with Gasteiger partial charge in [0, 0.05) is 6.54 Å². The molecular formula is C10H24NO3P. The van der Waals surface area contributed by atoms with E-state index in [0.29, 0.717) is 32.6 Å². The summed E-state index contributed by atoms with van der Waals surface area (Å²) in [6.45, 7) is 8.69. The molecule has 0 amide bonds. The second-order valence-electron chi connectivity index (χ2n) is 3.47. The Kier molecular flexibility index (Phi) is 6.69. The van der Waals surface area contributed by atoms with Crippen molar-refractivity contribution in [3.05, 3.63) is 0 Å². The minimum absolute atomic E-state index is 0.331. The molecule has 0 saturated heterocycles. The molecule has 0 aliphatic carbocycles. The molecule has 0 atom stereocenters. The Morgan fingerprint density at radius 1 is 1.07 bits per heavy atom. The lowest BCUT2D eigenvalue weighted by Crippen LogP contribution is -2.38. The zero-order valence-corrected chi connectivity index (χ0v) is 11.2. The Balaban J connectivity index is 5.07. The Labute approximate surface area is 93.1 Å². The van der Waals surface area contributed by atoms with Gasteiger partial charge in [-0.3, -0.25) is 4.57 Å². The summed E-state index contributed by atoms with van der Waals surface area (Å²) in [6.07, 6.45) is 1.41. The summed E-state index contributed by atoms with van der Waals surface area (Å²) in [4.78, 5) is 0. The highest BCUT2D eigenvalue weighted by Crippen LogP contribution is 2.62. The molecule has 2 N–H and O–H groups in total. The van der Waals surface area contributed by atoms with Gasteiger partial charge in [0.1, 0.15) is 0 Å². The van der Waals surface area contributed by atoms with Crippen molar-refractivity contribution in [1.29, 1.82) is 0 Å². The van der Waals surface area contributed by atoms with Crippen molar-refractivity contribution in [3.8, 4) is 0 Å². The molecule has 0 rings (SSSR count). The second-order valence-corrected chi connectivity index (χ2v) is 5.93. The monoisotopic (exact) mass is 237 g/mol. The van der Waals surface area contributed by atoms with Crippen LogP contribution in [0.3, 0.4) is 0 Å². The van der Waals surface area contributed by atoms with Gasteiger partial charge in [-0.05, 0) is 26.7 Å². The van der Waals surface area contributed by atoms with Crippen molar-refractivity contribution in [3.63, 3.8) is 0 Å². The van der Waals surface area contributed by atoms with E-state index >= 15 is 0 Å². The van der Waals surface area contributed by atoms with Gasteiger partial charge in [0.2, 0.25) is 0 Å². The fraction of sp³-hybridized carbons (Fsp3) is 1.00. The van der Waals surface area contributed by atoms with Crippen LogP contribution < -0.4 is 5.73 Å². The molecule has 0 radical (unpaired) electrons. The average molecular weight is 237 g/mol. The molecule has 15 heavy (non-hydrogen) atoms. The maximum Gasteiger partial charge on any atom is 0.337 e. The molecule has 4 nitrogen and oxygen atoms in total. The number of nitrogens with two attached hydrogens (primary N) is 1. The summed E-state index contributed by atoms with van der Waals surface area (Å²) < 4.78 is 23.3. The van der Waals surface area contributed by atoms with E-state index in [2.05, 4.69) is 0 Å². The molecule has 0 aromatic carbocycles. The predicted octanol–water partition coefficient (Wildman–Crippen LogP) is 2.77. The summed E-state index contributed by atoms with van der Waals surface area (Å²) in [5.41, 5.74) is 5.74. The van der Waals surface area contributed by atoms with E-state index in [9.17, 15) is 4.57 Å². The molecule has 5 heteroatoms. The first-order valence-electron chi connectivity index (χ1n) is 5.65. The van der Waals surface area contributed by atoms with Crippen LogP contribution in [0, 0.1) is 0 Å². The third-order valence-electron chi connectivity index (χ3n) is 2.88. The van der Waals surface area contributed by atoms with Crippen molar-refractivity contribution >= 4 is 7.60 Å². The van der Waals surface area contributed by atoms with Crippen molar-refractivity contribution < 1.29 is 13.6 Å². The quantitative estimate of drug-likeness (QED) is 0.659. The Morgan fingerprint density at radius 3 is 1.67 bits per heavy atom. The number of hydrogen-bond acceptors (Lipinski definition) is 4. The first kappa shape index (κ1) is 15.1. The van der Waals surface area contributed by atoms with Crippen LogP contribution in [-0.2, 0) is 13.6 Å². The van der Waals surface area contributed by atoms with Crippen LogP contribution in [0.15, 0.2) is 0 Å². The van der Waals surface area contributed by atoms with Gasteiger partial charge in [-0.2, -0.15) is 0 Å². The zero-order valence-electron chi connectivity index (χ0n) is 10.3. The lowest BCUT2D eigenvalue weighted by atomic mass is 10.0. The number of rotatable bonds is 8. The molecule has 0 aliphatic heterocycles. The molecule has 0 unspecified atom stereocenters. The Bertz CT molecular complexity index is 198. The highest BCUT2D eigenvalue weighted by atomic mass is 31.2. The lowest BCUT2D eigenvalue weighted by molar-refractivity contribution is 0.193. The molecule has 0 bridgehead atoms. The molecule has 0 spiro atoms. The first-order chi connectivity index (χ1) is 7.05. The Hall–Kier alpha value is 0.110. The van der Waals surface area contributed by atoms with Crippen molar-refractivity contribution in [2.24, 2.45) is 5.73 Å². The van der Waals surface area contributed by atoms with E-state index < -0.39 is 12.8 Å². The van der Waals surface area contributed by atoms with E-state index in [-0.39, 0.29) is 0 Å². The maximum absolute atomic E-state index is 12.6. The SMILES string of the molecule is CCOP(=O)(OCC)C(CC)(CC)CN. The fourth-order valence-corrected chi connectivity index (χ4v) is 3.99. The van der Waals surface area contributed by atoms with Gasteiger partial charge >= 0.3 is 7.60 Å². The highest BCUT2D eigenvalue weighted by molar-refractivity contribution is 7.55. The minimum atomic E-state index is -3.09. The summed E-state index contributed by atoms with van der Waals surface area (Å²) in [6, 6.07) is 0. The molecule has 0 heterocycles. The van der Waals surface area contributed by atoms with Gasteiger partial charge in [0.25, 0.3) is 0 Å². The summed E-state index contributed by atoms with van der Waals surface area (Å²) >= 11 is 0. The van der Waals surface area contributed by atoms with E-state index in [4.69, 9.17) is 14.8 Å². The van der Waals surface area contributed by atoms with E-state index in [1.54, 1.807) is 0 Å². The van der Waals surface area contributed by atoms with Crippen LogP contribution >= 0.6 is 7.60 Å². The lowest BCUT2D eigenvalue weighted by Gasteiger charge is -2.36. The normalized spacial score (nSPS) is 13.1. The first-order valence-corrected chi connectivity index (χ1v) is 7.19. The van der Waals surface area contributed by atoms with Gasteiger partial charge in [0.15, 0.2) is 0 Å². The summed E-state index contributed by atoms with van der Waals surface area (Å²) in [5, 5.41) is -0.529. The van der Waals surface area contributed by atoms with Crippen molar-refractivity contribution in [1.82, 2.24) is 0 Å². The van der Waals surface area contributed by atoms with Crippen LogP contribution in [0.5, 0.6) is 0 Å². The van der Waals surface area contributed by atoms with Gasteiger partial charge in [0.05, 0.1) is 18.4 Å².